The van der Waals surface area contributed by atoms with Crippen molar-refractivity contribution in [1.82, 2.24) is 5.32 Å². The average Bonchev–Trinajstić information content (AvgIpc) is 3.33. The molecule has 1 aliphatic heterocycles. The summed E-state index contributed by atoms with van der Waals surface area (Å²) in [6, 6.07) is -0.818. The molecule has 0 aromatic heterocycles. The van der Waals surface area contributed by atoms with Gasteiger partial charge >= 0.3 is 0 Å². The molecule has 7 unspecified atom stereocenters. The Hall–Kier alpha value is -1.33. The van der Waals surface area contributed by atoms with E-state index >= 15 is 0 Å². The second-order valence-corrected chi connectivity index (χ2v) is 20.4. The minimum Gasteiger partial charge on any atom is -0.394 e. The molecule has 0 spiro atoms. The van der Waals surface area contributed by atoms with E-state index in [2.05, 4.69) is 31.3 Å². The first kappa shape index (κ1) is 63.7. The van der Waals surface area contributed by atoms with Crippen LogP contribution in [0.2, 0.25) is 0 Å². The molecule has 0 aromatic rings. The third-order valence-electron chi connectivity index (χ3n) is 14.0. The molecule has 9 nitrogen and oxygen atoms in total. The fourth-order valence-electron chi connectivity index (χ4n) is 9.41. The molecule has 396 valence electrons. The van der Waals surface area contributed by atoms with Crippen molar-refractivity contribution >= 4 is 5.91 Å². The van der Waals surface area contributed by atoms with Gasteiger partial charge in [-0.05, 0) is 32.1 Å². The Morgan fingerprint density at radius 1 is 0.493 bits per heavy atom. The quantitative estimate of drug-likeness (QED) is 0.0261. The summed E-state index contributed by atoms with van der Waals surface area (Å²) in [5.41, 5.74) is 0. The Kier molecular flexibility index (Phi) is 45.9. The Bertz CT molecular complexity index is 1100. The molecule has 1 fully saturated rings. The molecule has 1 amide bonds. The van der Waals surface area contributed by atoms with Crippen molar-refractivity contribution in [2.75, 3.05) is 13.2 Å². The standard InChI is InChI=1S/C58H111NO8/c1-3-5-7-9-11-13-15-17-19-21-22-23-24-25-26-27-28-29-30-31-32-34-36-38-40-42-44-46-48-54(62)59-51(50-66-58-57(65)56(64)55(63)53(49-60)67-58)52(61)47-45-43-41-39-37-35-33-20-18-16-14-12-10-8-6-4-2/h37,39,45,47,51-53,55-58,60-61,63-65H,3-36,38,40-44,46,48-50H2,1-2H3,(H,59,62)/b39-37+,47-45+. The van der Waals surface area contributed by atoms with Gasteiger partial charge in [-0.3, -0.25) is 4.79 Å². The molecule has 0 bridgehead atoms. The first-order chi connectivity index (χ1) is 32.8. The molecule has 0 aliphatic carbocycles. The van der Waals surface area contributed by atoms with Gasteiger partial charge in [0.15, 0.2) is 6.29 Å². The maximum absolute atomic E-state index is 13.0. The lowest BCUT2D eigenvalue weighted by molar-refractivity contribution is -0.302. The molecule has 1 aliphatic rings. The van der Waals surface area contributed by atoms with E-state index in [-0.39, 0.29) is 12.5 Å². The molecule has 67 heavy (non-hydrogen) atoms. The van der Waals surface area contributed by atoms with Crippen molar-refractivity contribution in [3.05, 3.63) is 24.3 Å². The molecular weight excluding hydrogens is 839 g/mol. The van der Waals surface area contributed by atoms with Crippen LogP contribution in [0, 0.1) is 0 Å². The minimum absolute atomic E-state index is 0.181. The van der Waals surface area contributed by atoms with E-state index < -0.39 is 49.5 Å². The van der Waals surface area contributed by atoms with Crippen molar-refractivity contribution in [2.45, 2.75) is 326 Å². The van der Waals surface area contributed by atoms with E-state index in [1.54, 1.807) is 6.08 Å². The number of aliphatic hydroxyl groups excluding tert-OH is 5. The molecule has 9 heteroatoms. The van der Waals surface area contributed by atoms with Gasteiger partial charge in [0, 0.05) is 6.42 Å². The zero-order chi connectivity index (χ0) is 48.7. The molecule has 0 saturated carbocycles. The number of rotatable bonds is 50. The number of hydrogen-bond acceptors (Lipinski definition) is 8. The molecular formula is C58H111NO8. The lowest BCUT2D eigenvalue weighted by atomic mass is 9.99. The summed E-state index contributed by atoms with van der Waals surface area (Å²) in [5, 5.41) is 54.4. The van der Waals surface area contributed by atoms with E-state index in [4.69, 9.17) is 9.47 Å². The van der Waals surface area contributed by atoms with Crippen LogP contribution in [0.25, 0.3) is 0 Å². The lowest BCUT2D eigenvalue weighted by Gasteiger charge is -2.40. The fourth-order valence-corrected chi connectivity index (χ4v) is 9.41. The highest BCUT2D eigenvalue weighted by atomic mass is 16.7. The minimum atomic E-state index is -1.57. The topological polar surface area (TPSA) is 149 Å². The first-order valence-electron chi connectivity index (χ1n) is 29.1. The summed E-state index contributed by atoms with van der Waals surface area (Å²) in [5.74, 6) is -0.181. The highest BCUT2D eigenvalue weighted by Crippen LogP contribution is 2.23. The molecule has 1 heterocycles. The van der Waals surface area contributed by atoms with Crippen LogP contribution in [-0.2, 0) is 14.3 Å². The van der Waals surface area contributed by atoms with Crippen LogP contribution < -0.4 is 5.32 Å². The van der Waals surface area contributed by atoms with Gasteiger partial charge < -0.3 is 40.3 Å². The van der Waals surface area contributed by atoms with E-state index in [9.17, 15) is 30.3 Å². The number of amides is 1. The first-order valence-corrected chi connectivity index (χ1v) is 29.1. The molecule has 0 radical (unpaired) electrons. The number of unbranched alkanes of at least 4 members (excludes halogenated alkanes) is 38. The van der Waals surface area contributed by atoms with E-state index in [0.717, 1.165) is 38.5 Å². The third-order valence-corrected chi connectivity index (χ3v) is 14.0. The Morgan fingerprint density at radius 3 is 1.25 bits per heavy atom. The summed E-state index contributed by atoms with van der Waals surface area (Å²) < 4.78 is 11.2. The number of carbonyl (C=O) groups is 1. The van der Waals surface area contributed by atoms with Crippen LogP contribution >= 0.6 is 0 Å². The number of carbonyl (C=O) groups excluding carboxylic acids is 1. The largest absolute Gasteiger partial charge is 0.394 e. The zero-order valence-electron chi connectivity index (χ0n) is 43.9. The van der Waals surface area contributed by atoms with Gasteiger partial charge in [0.25, 0.3) is 0 Å². The summed E-state index contributed by atoms with van der Waals surface area (Å²) >= 11 is 0. The number of aliphatic hydroxyl groups is 5. The highest BCUT2D eigenvalue weighted by Gasteiger charge is 2.44. The molecule has 0 aromatic carbocycles. The molecule has 1 saturated heterocycles. The Morgan fingerprint density at radius 2 is 0.851 bits per heavy atom. The monoisotopic (exact) mass is 950 g/mol. The zero-order valence-corrected chi connectivity index (χ0v) is 43.9. The van der Waals surface area contributed by atoms with E-state index in [1.807, 2.05) is 6.08 Å². The Balaban J connectivity index is 2.18. The maximum Gasteiger partial charge on any atom is 0.220 e. The summed E-state index contributed by atoms with van der Waals surface area (Å²) in [4.78, 5) is 13.0. The predicted octanol–water partition coefficient (Wildman–Crippen LogP) is 14.2. The van der Waals surface area contributed by atoms with Gasteiger partial charge in [-0.2, -0.15) is 0 Å². The Labute approximate surface area is 413 Å². The van der Waals surface area contributed by atoms with Gasteiger partial charge in [0.05, 0.1) is 25.4 Å². The van der Waals surface area contributed by atoms with Gasteiger partial charge in [-0.1, -0.05) is 269 Å². The summed E-state index contributed by atoms with van der Waals surface area (Å²) in [7, 11) is 0. The number of ether oxygens (including phenoxy) is 2. The van der Waals surface area contributed by atoms with Crippen molar-refractivity contribution < 1.29 is 39.8 Å². The fraction of sp³-hybridized carbons (Fsp3) is 0.914. The van der Waals surface area contributed by atoms with Crippen molar-refractivity contribution in [3.63, 3.8) is 0 Å². The van der Waals surface area contributed by atoms with Crippen LogP contribution in [0.15, 0.2) is 24.3 Å². The summed E-state index contributed by atoms with van der Waals surface area (Å²) in [6.07, 6.45) is 54.0. The van der Waals surface area contributed by atoms with Gasteiger partial charge in [-0.25, -0.2) is 0 Å². The normalized spacial score (nSPS) is 19.8. The number of allylic oxidation sites excluding steroid dienone is 3. The molecule has 6 N–H and O–H groups in total. The average molecular weight is 951 g/mol. The van der Waals surface area contributed by atoms with Crippen molar-refractivity contribution in [3.8, 4) is 0 Å². The van der Waals surface area contributed by atoms with Crippen LogP contribution in [0.4, 0.5) is 0 Å². The maximum atomic E-state index is 13.0. The van der Waals surface area contributed by atoms with Crippen LogP contribution in [0.1, 0.15) is 284 Å². The number of nitrogens with one attached hydrogen (secondary N) is 1. The predicted molar refractivity (Wildman–Crippen MR) is 281 cm³/mol. The molecule has 7 atom stereocenters. The van der Waals surface area contributed by atoms with Crippen LogP contribution in [0.5, 0.6) is 0 Å². The van der Waals surface area contributed by atoms with Crippen molar-refractivity contribution in [2.24, 2.45) is 0 Å². The van der Waals surface area contributed by atoms with Crippen LogP contribution in [-0.4, -0.2) is 87.5 Å². The SMILES string of the molecule is CCCCCCCCCCCC/C=C/CC/C=C/C(O)C(COC1OC(CO)C(O)C(O)C1O)NC(=O)CCCCCCCCCCCCCCCCCCCCCCCCCCCCCC. The van der Waals surface area contributed by atoms with E-state index in [0.29, 0.717) is 6.42 Å². The second kappa shape index (κ2) is 48.3. The highest BCUT2D eigenvalue weighted by molar-refractivity contribution is 5.76. The van der Waals surface area contributed by atoms with Gasteiger partial charge in [0.1, 0.15) is 24.4 Å². The van der Waals surface area contributed by atoms with Gasteiger partial charge in [0.2, 0.25) is 5.91 Å². The van der Waals surface area contributed by atoms with E-state index in [1.165, 1.54) is 225 Å². The lowest BCUT2D eigenvalue weighted by Crippen LogP contribution is -2.60. The second-order valence-electron chi connectivity index (χ2n) is 20.4. The van der Waals surface area contributed by atoms with Gasteiger partial charge in [-0.15, -0.1) is 0 Å². The smallest absolute Gasteiger partial charge is 0.220 e. The summed E-state index contributed by atoms with van der Waals surface area (Å²) in [6.45, 7) is 3.79. The number of hydrogen-bond donors (Lipinski definition) is 6. The molecule has 1 rings (SSSR count). The van der Waals surface area contributed by atoms with Crippen molar-refractivity contribution in [1.29, 1.82) is 0 Å². The van der Waals surface area contributed by atoms with Crippen LogP contribution in [0.3, 0.4) is 0 Å². The third kappa shape index (κ3) is 38.1.